The topological polar surface area (TPSA) is 67.8 Å². The van der Waals surface area contributed by atoms with E-state index in [9.17, 15) is 9.90 Å². The number of carbonyl (C=O) groups excluding carboxylic acids is 1. The molecule has 28 heavy (non-hydrogen) atoms. The molecule has 7 heteroatoms. The summed E-state index contributed by atoms with van der Waals surface area (Å²) in [4.78, 5) is 12.1. The molecule has 0 aliphatic rings. The normalized spacial score (nSPS) is 15.1. The number of halogens is 1. The second-order valence-electron chi connectivity index (χ2n) is 9.69. The van der Waals surface area contributed by atoms with Gasteiger partial charge < -0.3 is 19.6 Å². The van der Waals surface area contributed by atoms with Gasteiger partial charge in [0.25, 0.3) is 0 Å². The van der Waals surface area contributed by atoms with Crippen LogP contribution in [0.5, 0.6) is 0 Å². The summed E-state index contributed by atoms with van der Waals surface area (Å²) >= 11 is 3.41. The monoisotopic (exact) mass is 473 g/mol. The fraction of sp³-hybridized carbons (Fsp3) is 0.667. The Kier molecular flexibility index (Phi) is 8.75. The second kappa shape index (κ2) is 9.74. The van der Waals surface area contributed by atoms with Crippen molar-refractivity contribution in [2.45, 2.75) is 83.9 Å². The third-order valence-corrected chi connectivity index (χ3v) is 9.94. The highest BCUT2D eigenvalue weighted by Crippen LogP contribution is 2.38. The van der Waals surface area contributed by atoms with Crippen molar-refractivity contribution in [3.63, 3.8) is 0 Å². The summed E-state index contributed by atoms with van der Waals surface area (Å²) in [6.45, 7) is 16.6. The first-order valence-corrected chi connectivity index (χ1v) is 13.4. The van der Waals surface area contributed by atoms with Gasteiger partial charge >= 0.3 is 6.09 Å². The van der Waals surface area contributed by atoms with Crippen LogP contribution in [0.2, 0.25) is 18.1 Å². The average molecular weight is 475 g/mol. The summed E-state index contributed by atoms with van der Waals surface area (Å²) in [6.07, 6.45) is -1.07. The zero-order valence-corrected chi connectivity index (χ0v) is 21.0. The lowest BCUT2D eigenvalue weighted by molar-refractivity contribution is 0.0453. The molecule has 0 bridgehead atoms. The minimum absolute atomic E-state index is 0.0275. The lowest BCUT2D eigenvalue weighted by atomic mass is 10.0. The summed E-state index contributed by atoms with van der Waals surface area (Å²) in [5.41, 5.74) is 0.265. The van der Waals surface area contributed by atoms with Crippen molar-refractivity contribution in [3.8, 4) is 0 Å². The molecule has 1 unspecified atom stereocenters. The predicted molar refractivity (Wildman–Crippen MR) is 120 cm³/mol. The fourth-order valence-corrected chi connectivity index (χ4v) is 3.98. The van der Waals surface area contributed by atoms with E-state index in [1.165, 1.54) is 0 Å². The van der Waals surface area contributed by atoms with Crippen molar-refractivity contribution < 1.29 is 19.1 Å². The first-order chi connectivity index (χ1) is 12.6. The van der Waals surface area contributed by atoms with Gasteiger partial charge in [0.2, 0.25) is 0 Å². The molecule has 1 aromatic carbocycles. The number of hydrogen-bond donors (Lipinski definition) is 2. The zero-order valence-electron chi connectivity index (χ0n) is 18.4. The van der Waals surface area contributed by atoms with Crippen LogP contribution >= 0.6 is 15.9 Å². The first-order valence-electron chi connectivity index (χ1n) is 9.69. The molecule has 0 heterocycles. The SMILES string of the molecule is CC(C)(C)OC(=O)NC[C@@H](CC(O)c1ccc(Br)cc1)O[Si](C)(C)C(C)(C)C. The van der Waals surface area contributed by atoms with Crippen LogP contribution in [0.1, 0.15) is 59.6 Å². The van der Waals surface area contributed by atoms with E-state index in [2.05, 4.69) is 55.1 Å². The number of hydrogen-bond acceptors (Lipinski definition) is 4. The Bertz CT molecular complexity index is 635. The zero-order chi connectivity index (χ0) is 21.8. The molecule has 0 saturated carbocycles. The molecule has 0 fully saturated rings. The van der Waals surface area contributed by atoms with Crippen molar-refractivity contribution in [3.05, 3.63) is 34.3 Å². The number of benzene rings is 1. The van der Waals surface area contributed by atoms with E-state index in [0.717, 1.165) is 10.0 Å². The molecule has 0 aliphatic carbocycles. The van der Waals surface area contributed by atoms with Crippen molar-refractivity contribution in [1.29, 1.82) is 0 Å². The molecule has 0 aromatic heterocycles. The van der Waals surface area contributed by atoms with Gasteiger partial charge in [0, 0.05) is 17.4 Å². The number of aliphatic hydroxyl groups excluding tert-OH is 1. The van der Waals surface area contributed by atoms with Gasteiger partial charge in [-0.05, 0) is 56.6 Å². The summed E-state index contributed by atoms with van der Waals surface area (Å²) in [6, 6.07) is 7.58. The number of ether oxygens (including phenoxy) is 1. The Hall–Kier alpha value is -0.893. The van der Waals surface area contributed by atoms with Crippen molar-refractivity contribution >= 4 is 30.3 Å². The second-order valence-corrected chi connectivity index (χ2v) is 15.4. The largest absolute Gasteiger partial charge is 0.444 e. The smallest absolute Gasteiger partial charge is 0.407 e. The van der Waals surface area contributed by atoms with Crippen LogP contribution in [0.25, 0.3) is 0 Å². The average Bonchev–Trinajstić information content (AvgIpc) is 2.50. The van der Waals surface area contributed by atoms with Crippen molar-refractivity contribution in [2.24, 2.45) is 0 Å². The molecule has 160 valence electrons. The standard InChI is InChI=1S/C21H36BrNO4Si/c1-20(2,3)26-19(25)23-14-17(27-28(7,8)21(4,5)6)13-18(24)15-9-11-16(22)12-10-15/h9-12,17-18,24H,13-14H2,1-8H3,(H,23,25)/t17-,18?/m1/s1. The molecule has 5 nitrogen and oxygen atoms in total. The van der Waals surface area contributed by atoms with Gasteiger partial charge in [0.1, 0.15) is 5.60 Å². The first kappa shape index (κ1) is 25.1. The van der Waals surface area contributed by atoms with Gasteiger partial charge in [-0.2, -0.15) is 0 Å². The molecule has 0 spiro atoms. The Labute approximate surface area is 179 Å². The van der Waals surface area contributed by atoms with E-state index in [-0.39, 0.29) is 17.7 Å². The number of alkyl carbamates (subject to hydrolysis) is 1. The van der Waals surface area contributed by atoms with E-state index in [0.29, 0.717) is 6.42 Å². The third-order valence-electron chi connectivity index (χ3n) is 4.88. The molecule has 2 N–H and O–H groups in total. The predicted octanol–water partition coefficient (Wildman–Crippen LogP) is 5.79. The molecular weight excluding hydrogens is 438 g/mol. The summed E-state index contributed by atoms with van der Waals surface area (Å²) < 4.78 is 12.8. The molecule has 1 rings (SSSR count). The van der Waals surface area contributed by atoms with E-state index < -0.39 is 26.1 Å². The number of rotatable bonds is 7. The van der Waals surface area contributed by atoms with Gasteiger partial charge in [-0.15, -0.1) is 0 Å². The quantitative estimate of drug-likeness (QED) is 0.491. The van der Waals surface area contributed by atoms with Crippen LogP contribution in [-0.2, 0) is 9.16 Å². The Morgan fingerprint density at radius 2 is 1.68 bits per heavy atom. The molecule has 1 amide bonds. The van der Waals surface area contributed by atoms with Crippen LogP contribution in [0.3, 0.4) is 0 Å². The summed E-state index contributed by atoms with van der Waals surface area (Å²) in [5.74, 6) is 0. The Balaban J connectivity index is 2.87. The van der Waals surface area contributed by atoms with E-state index in [1.807, 2.05) is 45.0 Å². The fourth-order valence-electron chi connectivity index (χ4n) is 2.35. The van der Waals surface area contributed by atoms with E-state index in [1.54, 1.807) is 0 Å². The number of aliphatic hydroxyl groups is 1. The highest BCUT2D eigenvalue weighted by atomic mass is 79.9. The lowest BCUT2D eigenvalue weighted by Gasteiger charge is -2.39. The van der Waals surface area contributed by atoms with Crippen LogP contribution in [0, 0.1) is 0 Å². The maximum atomic E-state index is 12.1. The summed E-state index contributed by atoms with van der Waals surface area (Å²) in [5, 5.41) is 13.5. The maximum Gasteiger partial charge on any atom is 0.407 e. The van der Waals surface area contributed by atoms with Crippen LogP contribution < -0.4 is 5.32 Å². The highest BCUT2D eigenvalue weighted by molar-refractivity contribution is 9.10. The van der Waals surface area contributed by atoms with E-state index in [4.69, 9.17) is 9.16 Å². The van der Waals surface area contributed by atoms with E-state index >= 15 is 0 Å². The molecule has 0 radical (unpaired) electrons. The van der Waals surface area contributed by atoms with Crippen LogP contribution in [0.15, 0.2) is 28.7 Å². The van der Waals surface area contributed by atoms with Gasteiger partial charge in [-0.1, -0.05) is 48.8 Å². The number of amides is 1. The van der Waals surface area contributed by atoms with Gasteiger partial charge in [0.05, 0.1) is 12.2 Å². The highest BCUT2D eigenvalue weighted by Gasteiger charge is 2.39. The molecular formula is C21H36BrNO4Si. The molecule has 0 saturated heterocycles. The number of nitrogens with one attached hydrogen (secondary N) is 1. The van der Waals surface area contributed by atoms with Gasteiger partial charge in [0.15, 0.2) is 8.32 Å². The number of carbonyl (C=O) groups is 1. The minimum Gasteiger partial charge on any atom is -0.444 e. The van der Waals surface area contributed by atoms with Gasteiger partial charge in [-0.3, -0.25) is 0 Å². The maximum absolute atomic E-state index is 12.1. The van der Waals surface area contributed by atoms with Crippen LogP contribution in [0.4, 0.5) is 4.79 Å². The third kappa shape index (κ3) is 8.63. The summed E-state index contributed by atoms with van der Waals surface area (Å²) in [7, 11) is -2.07. The Morgan fingerprint density at radius 1 is 1.14 bits per heavy atom. The molecule has 2 atom stereocenters. The lowest BCUT2D eigenvalue weighted by Crippen LogP contribution is -2.47. The van der Waals surface area contributed by atoms with Crippen molar-refractivity contribution in [1.82, 2.24) is 5.32 Å². The minimum atomic E-state index is -2.07. The van der Waals surface area contributed by atoms with Crippen molar-refractivity contribution in [2.75, 3.05) is 6.54 Å². The molecule has 1 aromatic rings. The molecule has 0 aliphatic heterocycles. The van der Waals surface area contributed by atoms with Crippen LogP contribution in [-0.4, -0.2) is 37.8 Å². The van der Waals surface area contributed by atoms with Gasteiger partial charge in [-0.25, -0.2) is 4.79 Å². The Morgan fingerprint density at radius 3 is 2.14 bits per heavy atom.